The molecule has 7 unspecified atom stereocenters. The summed E-state index contributed by atoms with van der Waals surface area (Å²) >= 11 is 0. The van der Waals surface area contributed by atoms with Crippen LogP contribution in [-0.2, 0) is 0 Å². The minimum atomic E-state index is -0.0718. The van der Waals surface area contributed by atoms with Gasteiger partial charge >= 0.3 is 0 Å². The van der Waals surface area contributed by atoms with Gasteiger partial charge in [0, 0.05) is 4.91 Å². The lowest BCUT2D eigenvalue weighted by Gasteiger charge is -2.64. The van der Waals surface area contributed by atoms with Gasteiger partial charge < -0.3 is 0 Å². The van der Waals surface area contributed by atoms with Crippen molar-refractivity contribution in [3.63, 3.8) is 0 Å². The summed E-state index contributed by atoms with van der Waals surface area (Å²) in [7, 11) is 0. The molecule has 0 aromatic rings. The van der Waals surface area contributed by atoms with E-state index < -0.39 is 0 Å². The molecule has 0 amide bonds. The summed E-state index contributed by atoms with van der Waals surface area (Å²) < 4.78 is 0. The van der Waals surface area contributed by atoms with Crippen molar-refractivity contribution in [1.82, 2.24) is 0 Å². The molecule has 134 valence electrons. The maximum atomic E-state index is 9.28. The zero-order valence-electron chi connectivity index (χ0n) is 15.9. The van der Waals surface area contributed by atoms with E-state index in [2.05, 4.69) is 30.8 Å². The second kappa shape index (κ2) is 5.66. The highest BCUT2D eigenvalue weighted by atomic mass is 15.2. The van der Waals surface area contributed by atoms with E-state index in [1.54, 1.807) is 0 Å². The molecule has 0 aliphatic heterocycles. The van der Waals surface area contributed by atoms with Crippen molar-refractivity contribution in [2.24, 2.45) is 39.6 Å². The van der Waals surface area contributed by atoms with E-state index in [1.807, 2.05) is 0 Å². The topological polar surface area (TPSA) is 48.8 Å². The minimum Gasteiger partial charge on any atom is -0.0867 e. The molecule has 4 fully saturated rings. The quantitative estimate of drug-likeness (QED) is 0.301. The summed E-state index contributed by atoms with van der Waals surface area (Å²) in [5.41, 5.74) is 10.1. The molecule has 0 radical (unpaired) electrons. The van der Waals surface area contributed by atoms with Crippen LogP contribution in [0.3, 0.4) is 0 Å². The van der Waals surface area contributed by atoms with Crippen molar-refractivity contribution in [3.05, 3.63) is 10.4 Å². The van der Waals surface area contributed by atoms with Crippen LogP contribution in [0.15, 0.2) is 5.11 Å². The molecule has 3 heteroatoms. The van der Waals surface area contributed by atoms with Gasteiger partial charge in [0.15, 0.2) is 0 Å². The molecule has 0 N–H and O–H groups in total. The highest BCUT2D eigenvalue weighted by Crippen LogP contribution is 2.69. The van der Waals surface area contributed by atoms with Crippen LogP contribution in [0.25, 0.3) is 10.4 Å². The molecule has 0 spiro atoms. The fourth-order valence-corrected chi connectivity index (χ4v) is 8.33. The molecule has 3 nitrogen and oxygen atoms in total. The third-order valence-electron chi connectivity index (χ3n) is 9.67. The molecule has 0 saturated heterocycles. The van der Waals surface area contributed by atoms with Crippen molar-refractivity contribution < 1.29 is 0 Å². The minimum absolute atomic E-state index is 0.0718. The molecule has 0 aromatic heterocycles. The first-order valence-electron chi connectivity index (χ1n) is 10.6. The first-order valence-corrected chi connectivity index (χ1v) is 10.6. The Hall–Kier alpha value is -0.690. The Labute approximate surface area is 147 Å². The number of rotatable bonds is 2. The number of azide groups is 1. The molecule has 0 heterocycles. The Morgan fingerprint density at radius 3 is 2.50 bits per heavy atom. The zero-order chi connectivity index (χ0) is 17.0. The summed E-state index contributed by atoms with van der Waals surface area (Å²) in [5.74, 6) is 3.58. The Morgan fingerprint density at radius 2 is 1.75 bits per heavy atom. The zero-order valence-corrected chi connectivity index (χ0v) is 15.9. The lowest BCUT2D eigenvalue weighted by atomic mass is 9.42. The van der Waals surface area contributed by atoms with E-state index in [-0.39, 0.29) is 11.0 Å². The van der Waals surface area contributed by atoms with Gasteiger partial charge in [0.25, 0.3) is 0 Å². The van der Waals surface area contributed by atoms with Gasteiger partial charge in [0.2, 0.25) is 0 Å². The number of nitrogens with zero attached hydrogens (tertiary/aromatic N) is 3. The second-order valence-corrected chi connectivity index (χ2v) is 9.99. The van der Waals surface area contributed by atoms with E-state index in [9.17, 15) is 5.53 Å². The fourth-order valence-electron chi connectivity index (χ4n) is 8.33. The maximum Gasteiger partial charge on any atom is 0.0544 e. The largest absolute Gasteiger partial charge is 0.0867 e. The van der Waals surface area contributed by atoms with Gasteiger partial charge in [-0.3, -0.25) is 0 Å². The van der Waals surface area contributed by atoms with Crippen LogP contribution in [0.4, 0.5) is 0 Å². The average molecular weight is 330 g/mol. The third-order valence-corrected chi connectivity index (χ3v) is 9.67. The monoisotopic (exact) mass is 329 g/mol. The molecular weight excluding hydrogens is 294 g/mol. The first-order chi connectivity index (χ1) is 11.5. The maximum absolute atomic E-state index is 9.28. The summed E-state index contributed by atoms with van der Waals surface area (Å²) in [6, 6.07) is 0. The molecule has 4 aliphatic rings. The van der Waals surface area contributed by atoms with Crippen LogP contribution >= 0.6 is 0 Å². The number of fused-ring (bicyclic) bond motifs is 5. The summed E-state index contributed by atoms with van der Waals surface area (Å²) in [6.45, 7) is 7.53. The average Bonchev–Trinajstić information content (AvgIpc) is 2.92. The third kappa shape index (κ3) is 2.00. The highest BCUT2D eigenvalue weighted by Gasteiger charge is 2.63. The molecule has 7 atom stereocenters. The van der Waals surface area contributed by atoms with E-state index in [4.69, 9.17) is 0 Å². The predicted molar refractivity (Wildman–Crippen MR) is 98.5 cm³/mol. The van der Waals surface area contributed by atoms with Gasteiger partial charge in [-0.05, 0) is 91.4 Å². The van der Waals surface area contributed by atoms with Crippen molar-refractivity contribution in [1.29, 1.82) is 0 Å². The molecule has 4 aliphatic carbocycles. The van der Waals surface area contributed by atoms with Crippen LogP contribution in [0.2, 0.25) is 0 Å². The van der Waals surface area contributed by atoms with E-state index in [0.717, 1.165) is 36.5 Å². The summed E-state index contributed by atoms with van der Waals surface area (Å²) in [6.07, 6.45) is 14.6. The van der Waals surface area contributed by atoms with Gasteiger partial charge in [0.05, 0.1) is 5.54 Å². The van der Waals surface area contributed by atoms with Crippen LogP contribution in [0.5, 0.6) is 0 Å². The molecule has 24 heavy (non-hydrogen) atoms. The highest BCUT2D eigenvalue weighted by molar-refractivity contribution is 5.16. The van der Waals surface area contributed by atoms with Crippen LogP contribution in [0.1, 0.15) is 91.4 Å². The van der Waals surface area contributed by atoms with Gasteiger partial charge in [-0.1, -0.05) is 45.1 Å². The lowest BCUT2D eigenvalue weighted by Crippen LogP contribution is -2.60. The van der Waals surface area contributed by atoms with Crippen LogP contribution in [0, 0.1) is 34.5 Å². The standard InChI is InChI=1S/C21H35N3/c1-4-15-7-8-17-16-9-14-21(23-24-22)12-6-5-11-20(21,3)18(16)10-13-19(15,17)2/h15-18H,4-14H2,1-3H3. The summed E-state index contributed by atoms with van der Waals surface area (Å²) in [5, 5.41) is 4.51. The van der Waals surface area contributed by atoms with E-state index in [0.29, 0.717) is 5.41 Å². The Morgan fingerprint density at radius 1 is 0.958 bits per heavy atom. The molecule has 0 aromatic carbocycles. The second-order valence-electron chi connectivity index (χ2n) is 9.99. The summed E-state index contributed by atoms with van der Waals surface area (Å²) in [4.78, 5) is 3.35. The molecule has 0 bridgehead atoms. The van der Waals surface area contributed by atoms with Crippen molar-refractivity contribution in [2.75, 3.05) is 0 Å². The van der Waals surface area contributed by atoms with Gasteiger partial charge in [-0.15, -0.1) is 0 Å². The van der Waals surface area contributed by atoms with Crippen molar-refractivity contribution in [2.45, 2.75) is 96.9 Å². The normalized spacial score (nSPS) is 53.5. The number of hydrogen-bond donors (Lipinski definition) is 0. The Balaban J connectivity index is 1.69. The fraction of sp³-hybridized carbons (Fsp3) is 1.00. The van der Waals surface area contributed by atoms with Gasteiger partial charge in [-0.2, -0.15) is 0 Å². The Bertz CT molecular complexity index is 553. The van der Waals surface area contributed by atoms with Gasteiger partial charge in [-0.25, -0.2) is 0 Å². The number of hydrogen-bond acceptors (Lipinski definition) is 1. The molecular formula is C21H35N3. The van der Waals surface area contributed by atoms with E-state index >= 15 is 0 Å². The van der Waals surface area contributed by atoms with Crippen LogP contribution in [-0.4, -0.2) is 5.54 Å². The van der Waals surface area contributed by atoms with Crippen LogP contribution < -0.4 is 0 Å². The lowest BCUT2D eigenvalue weighted by molar-refractivity contribution is -0.121. The Kier molecular flexibility index (Phi) is 3.95. The van der Waals surface area contributed by atoms with E-state index in [1.165, 1.54) is 57.8 Å². The van der Waals surface area contributed by atoms with Crippen molar-refractivity contribution in [3.8, 4) is 0 Å². The predicted octanol–water partition coefficient (Wildman–Crippen LogP) is 6.88. The van der Waals surface area contributed by atoms with Gasteiger partial charge in [0.1, 0.15) is 0 Å². The SMILES string of the molecule is CCC1CCC2C3CCC4(N=[N+]=[N-])CCCCC4(C)C3CCC12C. The molecule has 4 rings (SSSR count). The first kappa shape index (κ1) is 16.8. The van der Waals surface area contributed by atoms with Crippen molar-refractivity contribution >= 4 is 0 Å². The molecule has 4 saturated carbocycles. The smallest absolute Gasteiger partial charge is 0.0544 e.